The van der Waals surface area contributed by atoms with Gasteiger partial charge in [-0.15, -0.1) is 10.2 Å². The standard InChI is InChI=1S/C14H14N4O3S/c19-9(16-14-17-15-6-22-14)5-18-12(20)10-7-1-2-8(4-3-7)11(10)13(18)21/h1-2,6-8,10-11H,3-5H2,(H,16,17,19)/t7-,8-,10-,11+/m0/s1. The first-order valence-corrected chi connectivity index (χ1v) is 8.12. The molecule has 114 valence electrons. The molecule has 0 unspecified atom stereocenters. The van der Waals surface area contributed by atoms with Gasteiger partial charge in [-0.1, -0.05) is 23.5 Å². The van der Waals surface area contributed by atoms with Crippen molar-refractivity contribution in [2.45, 2.75) is 12.8 Å². The second kappa shape index (κ2) is 4.98. The van der Waals surface area contributed by atoms with E-state index in [1.54, 1.807) is 0 Å². The minimum absolute atomic E-state index is 0.141. The Morgan fingerprint density at radius 2 is 1.86 bits per heavy atom. The van der Waals surface area contributed by atoms with Crippen molar-refractivity contribution in [2.75, 3.05) is 11.9 Å². The van der Waals surface area contributed by atoms with Crippen molar-refractivity contribution in [1.82, 2.24) is 15.1 Å². The summed E-state index contributed by atoms with van der Waals surface area (Å²) >= 11 is 1.19. The molecule has 2 heterocycles. The van der Waals surface area contributed by atoms with Crippen LogP contribution in [0.4, 0.5) is 5.13 Å². The van der Waals surface area contributed by atoms with Gasteiger partial charge in [-0.2, -0.15) is 0 Å². The second-order valence-electron chi connectivity index (χ2n) is 5.90. The predicted octanol–water partition coefficient (Wildman–Crippen LogP) is 0.674. The Kier molecular flexibility index (Phi) is 3.07. The van der Waals surface area contributed by atoms with E-state index in [0.717, 1.165) is 17.7 Å². The Hall–Kier alpha value is -2.09. The number of anilines is 1. The van der Waals surface area contributed by atoms with Gasteiger partial charge in [0, 0.05) is 0 Å². The fourth-order valence-corrected chi connectivity index (χ4v) is 4.28. The maximum Gasteiger partial charge on any atom is 0.246 e. The van der Waals surface area contributed by atoms with Crippen LogP contribution in [0.2, 0.25) is 0 Å². The average molecular weight is 318 g/mol. The molecule has 0 radical (unpaired) electrons. The lowest BCUT2D eigenvalue weighted by Gasteiger charge is -2.38. The first-order chi connectivity index (χ1) is 10.6. The summed E-state index contributed by atoms with van der Waals surface area (Å²) in [6, 6.07) is 0. The largest absolute Gasteiger partial charge is 0.299 e. The van der Waals surface area contributed by atoms with Crippen LogP contribution >= 0.6 is 11.3 Å². The molecule has 8 heteroatoms. The Morgan fingerprint density at radius 3 is 2.36 bits per heavy atom. The number of carbonyl (C=O) groups is 3. The van der Waals surface area contributed by atoms with Crippen LogP contribution in [0.1, 0.15) is 12.8 Å². The quantitative estimate of drug-likeness (QED) is 0.653. The van der Waals surface area contributed by atoms with Gasteiger partial charge in [-0.3, -0.25) is 24.6 Å². The van der Waals surface area contributed by atoms with Crippen molar-refractivity contribution >= 4 is 34.2 Å². The third-order valence-electron chi connectivity index (χ3n) is 4.76. The molecule has 0 spiro atoms. The lowest BCUT2D eigenvalue weighted by atomic mass is 9.63. The molecule has 0 aromatic carbocycles. The van der Waals surface area contributed by atoms with E-state index in [1.807, 2.05) is 0 Å². The molecule has 1 aromatic heterocycles. The summed E-state index contributed by atoms with van der Waals surface area (Å²) in [4.78, 5) is 38.2. The molecule has 7 nitrogen and oxygen atoms in total. The van der Waals surface area contributed by atoms with Crippen LogP contribution in [0, 0.1) is 23.7 Å². The number of fused-ring (bicyclic) bond motifs is 1. The van der Waals surface area contributed by atoms with Crippen LogP contribution in [0.5, 0.6) is 0 Å². The smallest absolute Gasteiger partial charge is 0.246 e. The highest BCUT2D eigenvalue weighted by Crippen LogP contribution is 2.49. The van der Waals surface area contributed by atoms with Crippen LogP contribution in [-0.2, 0) is 14.4 Å². The van der Waals surface area contributed by atoms with Crippen molar-refractivity contribution in [3.63, 3.8) is 0 Å². The van der Waals surface area contributed by atoms with Gasteiger partial charge in [0.2, 0.25) is 22.9 Å². The first kappa shape index (κ1) is 13.6. The van der Waals surface area contributed by atoms with Gasteiger partial charge in [0.1, 0.15) is 12.1 Å². The van der Waals surface area contributed by atoms with Crippen LogP contribution < -0.4 is 5.32 Å². The number of nitrogens with zero attached hydrogens (tertiary/aromatic N) is 3. The fourth-order valence-electron chi connectivity index (χ4n) is 3.82. The minimum Gasteiger partial charge on any atom is -0.299 e. The molecular formula is C14H14N4O3S. The van der Waals surface area contributed by atoms with E-state index < -0.39 is 5.91 Å². The molecule has 1 aliphatic heterocycles. The second-order valence-corrected chi connectivity index (χ2v) is 6.73. The highest BCUT2D eigenvalue weighted by molar-refractivity contribution is 7.13. The normalized spacial score (nSPS) is 32.5. The molecule has 1 aromatic rings. The Balaban J connectivity index is 1.50. The third-order valence-corrected chi connectivity index (χ3v) is 5.37. The van der Waals surface area contributed by atoms with E-state index in [0.29, 0.717) is 5.13 Å². The summed E-state index contributed by atoms with van der Waals surface area (Å²) in [7, 11) is 0. The summed E-state index contributed by atoms with van der Waals surface area (Å²) in [5.41, 5.74) is 1.50. The van der Waals surface area contributed by atoms with Crippen molar-refractivity contribution in [1.29, 1.82) is 0 Å². The Bertz CT molecular complexity index is 640. The molecule has 2 fully saturated rings. The minimum atomic E-state index is -0.419. The van der Waals surface area contributed by atoms with Gasteiger partial charge >= 0.3 is 0 Å². The van der Waals surface area contributed by atoms with Gasteiger partial charge in [0.25, 0.3) is 0 Å². The van der Waals surface area contributed by atoms with E-state index in [1.165, 1.54) is 16.8 Å². The topological polar surface area (TPSA) is 92.3 Å². The Labute approximate surface area is 130 Å². The Morgan fingerprint density at radius 1 is 1.23 bits per heavy atom. The monoisotopic (exact) mass is 318 g/mol. The van der Waals surface area contributed by atoms with Crippen LogP contribution in [-0.4, -0.2) is 39.4 Å². The third kappa shape index (κ3) is 1.98. The zero-order valence-corrected chi connectivity index (χ0v) is 12.5. The van der Waals surface area contributed by atoms with Gasteiger partial charge in [0.15, 0.2) is 0 Å². The number of hydrogen-bond acceptors (Lipinski definition) is 6. The van der Waals surface area contributed by atoms with Gasteiger partial charge in [-0.05, 0) is 24.7 Å². The average Bonchev–Trinajstić information content (AvgIpc) is 3.12. The number of imide groups is 1. The van der Waals surface area contributed by atoms with Crippen LogP contribution in [0.15, 0.2) is 17.7 Å². The van der Waals surface area contributed by atoms with Gasteiger partial charge in [0.05, 0.1) is 11.8 Å². The molecule has 1 saturated heterocycles. The molecule has 1 N–H and O–H groups in total. The van der Waals surface area contributed by atoms with Crippen LogP contribution in [0.3, 0.4) is 0 Å². The molecule has 3 amide bonds. The van der Waals surface area contributed by atoms with Crippen molar-refractivity contribution in [3.05, 3.63) is 17.7 Å². The molecule has 5 rings (SSSR count). The number of rotatable bonds is 3. The highest BCUT2D eigenvalue weighted by atomic mass is 32.1. The van der Waals surface area contributed by atoms with Gasteiger partial charge < -0.3 is 0 Å². The summed E-state index contributed by atoms with van der Waals surface area (Å²) < 4.78 is 0. The number of hydrogen-bond donors (Lipinski definition) is 1. The number of aromatic nitrogens is 2. The maximum atomic E-state index is 12.5. The molecule has 4 aliphatic rings. The summed E-state index contributed by atoms with van der Waals surface area (Å²) in [5, 5.41) is 10.3. The van der Waals surface area contributed by atoms with Crippen molar-refractivity contribution in [2.24, 2.45) is 23.7 Å². The number of carbonyl (C=O) groups excluding carboxylic acids is 3. The lowest BCUT2D eigenvalue weighted by molar-refractivity contribution is -0.142. The number of nitrogens with one attached hydrogen (secondary N) is 1. The lowest BCUT2D eigenvalue weighted by Crippen LogP contribution is -2.38. The SMILES string of the molecule is O=C(CN1C(=O)[C@@H]2[C@H](C1=O)[C@H]1C=C[C@H]2CC1)Nc1nncs1. The summed E-state index contributed by atoms with van der Waals surface area (Å²) in [5.74, 6) is -1.10. The van der Waals surface area contributed by atoms with E-state index >= 15 is 0 Å². The zero-order valence-electron chi connectivity index (χ0n) is 11.6. The van der Waals surface area contributed by atoms with E-state index in [2.05, 4.69) is 27.7 Å². The molecular weight excluding hydrogens is 304 g/mol. The van der Waals surface area contributed by atoms with E-state index in [4.69, 9.17) is 0 Å². The van der Waals surface area contributed by atoms with Crippen molar-refractivity contribution < 1.29 is 14.4 Å². The molecule has 4 atom stereocenters. The molecule has 2 bridgehead atoms. The van der Waals surface area contributed by atoms with E-state index in [9.17, 15) is 14.4 Å². The summed E-state index contributed by atoms with van der Waals surface area (Å²) in [6.45, 7) is -0.246. The number of allylic oxidation sites excluding steroid dienone is 2. The predicted molar refractivity (Wildman–Crippen MR) is 77.6 cm³/mol. The van der Waals surface area contributed by atoms with Crippen molar-refractivity contribution in [3.8, 4) is 0 Å². The van der Waals surface area contributed by atoms with Crippen LogP contribution in [0.25, 0.3) is 0 Å². The zero-order chi connectivity index (χ0) is 15.3. The molecule has 3 aliphatic carbocycles. The maximum absolute atomic E-state index is 12.5. The molecule has 1 saturated carbocycles. The van der Waals surface area contributed by atoms with E-state index in [-0.39, 0.29) is 42.0 Å². The first-order valence-electron chi connectivity index (χ1n) is 7.24. The fraction of sp³-hybridized carbons (Fsp3) is 0.500. The summed E-state index contributed by atoms with van der Waals surface area (Å²) in [6.07, 6.45) is 6.02. The number of amides is 3. The number of likely N-dealkylation sites (tertiary alicyclic amines) is 1. The molecule has 22 heavy (non-hydrogen) atoms. The highest BCUT2D eigenvalue weighted by Gasteiger charge is 2.56. The van der Waals surface area contributed by atoms with Gasteiger partial charge in [-0.25, -0.2) is 0 Å².